The van der Waals surface area contributed by atoms with Crippen LogP contribution in [-0.2, 0) is 0 Å². The van der Waals surface area contributed by atoms with E-state index < -0.39 is 0 Å². The summed E-state index contributed by atoms with van der Waals surface area (Å²) in [6.07, 6.45) is 0. The number of benzene rings is 9. The van der Waals surface area contributed by atoms with Crippen LogP contribution in [0.2, 0.25) is 0 Å². The molecule has 0 saturated carbocycles. The van der Waals surface area contributed by atoms with E-state index in [1.807, 2.05) is 0 Å². The first-order valence-electron chi connectivity index (χ1n) is 16.0. The molecule has 9 aromatic rings. The number of hydrogen-bond acceptors (Lipinski definition) is 0. The Balaban J connectivity index is 1.42. The lowest BCUT2D eigenvalue weighted by Crippen LogP contribution is -1.94. The Labute approximate surface area is 267 Å². The molecule has 0 aliphatic heterocycles. The van der Waals surface area contributed by atoms with E-state index in [1.165, 1.54) is 98.7 Å². The predicted octanol–water partition coefficient (Wildman–Crippen LogP) is 12.9. The zero-order valence-electron chi connectivity index (χ0n) is 25.2. The van der Waals surface area contributed by atoms with Gasteiger partial charge in [0.2, 0.25) is 0 Å². The van der Waals surface area contributed by atoms with Crippen molar-refractivity contribution in [2.45, 2.75) is 0 Å². The van der Waals surface area contributed by atoms with Crippen LogP contribution in [0.3, 0.4) is 0 Å². The first kappa shape index (κ1) is 25.4. The standard InChI is InChI=1S/C46H28/c1-2-10-29(11-3-1)35-24-25-38-41(28-35)44(37-23-21-31-13-5-7-15-34(31)27-37)46-40-19-9-17-32-16-8-18-39(42(32)40)45(46)43(38)36-22-20-30-12-4-6-14-33(30)26-36/h1-28H. The Morgan fingerprint density at radius 2 is 0.739 bits per heavy atom. The van der Waals surface area contributed by atoms with Crippen molar-refractivity contribution in [3.8, 4) is 55.6 Å². The van der Waals surface area contributed by atoms with E-state index in [1.54, 1.807) is 0 Å². The molecule has 0 bridgehead atoms. The maximum Gasteiger partial charge on any atom is -0.000741 e. The predicted molar refractivity (Wildman–Crippen MR) is 197 cm³/mol. The molecular weight excluding hydrogens is 553 g/mol. The summed E-state index contributed by atoms with van der Waals surface area (Å²) in [5.41, 5.74) is 12.9. The van der Waals surface area contributed by atoms with E-state index in [4.69, 9.17) is 0 Å². The van der Waals surface area contributed by atoms with Gasteiger partial charge in [0, 0.05) is 0 Å². The summed E-state index contributed by atoms with van der Waals surface area (Å²) in [4.78, 5) is 0. The van der Waals surface area contributed by atoms with Gasteiger partial charge >= 0.3 is 0 Å². The van der Waals surface area contributed by atoms with Crippen molar-refractivity contribution in [2.24, 2.45) is 0 Å². The summed E-state index contributed by atoms with van der Waals surface area (Å²) in [7, 11) is 0. The fraction of sp³-hybridized carbons (Fsp3) is 0. The molecule has 0 atom stereocenters. The first-order valence-corrected chi connectivity index (χ1v) is 16.0. The van der Waals surface area contributed by atoms with Gasteiger partial charge in [-0.1, -0.05) is 152 Å². The van der Waals surface area contributed by atoms with Crippen LogP contribution >= 0.6 is 0 Å². The van der Waals surface area contributed by atoms with Crippen LogP contribution in [0.1, 0.15) is 0 Å². The van der Waals surface area contributed by atoms with Crippen molar-refractivity contribution in [1.29, 1.82) is 0 Å². The summed E-state index contributed by atoms with van der Waals surface area (Å²) in [5.74, 6) is 0. The Kier molecular flexibility index (Phi) is 5.38. The van der Waals surface area contributed by atoms with Crippen LogP contribution in [-0.4, -0.2) is 0 Å². The molecule has 0 spiro atoms. The van der Waals surface area contributed by atoms with Gasteiger partial charge in [-0.3, -0.25) is 0 Å². The van der Waals surface area contributed by atoms with Crippen LogP contribution < -0.4 is 0 Å². The normalized spacial score (nSPS) is 11.9. The van der Waals surface area contributed by atoms with Crippen LogP contribution in [0.15, 0.2) is 170 Å². The topological polar surface area (TPSA) is 0 Å². The van der Waals surface area contributed by atoms with Gasteiger partial charge in [0.05, 0.1) is 0 Å². The second-order valence-electron chi connectivity index (χ2n) is 12.5. The van der Waals surface area contributed by atoms with Gasteiger partial charge in [0.15, 0.2) is 0 Å². The van der Waals surface area contributed by atoms with E-state index in [2.05, 4.69) is 170 Å². The number of rotatable bonds is 3. The molecule has 9 aromatic carbocycles. The monoisotopic (exact) mass is 580 g/mol. The van der Waals surface area contributed by atoms with Crippen LogP contribution in [0, 0.1) is 0 Å². The highest BCUT2D eigenvalue weighted by molar-refractivity contribution is 6.28. The Hall–Kier alpha value is -5.98. The zero-order chi connectivity index (χ0) is 30.2. The van der Waals surface area contributed by atoms with Gasteiger partial charge in [-0.2, -0.15) is 0 Å². The van der Waals surface area contributed by atoms with Crippen molar-refractivity contribution in [3.63, 3.8) is 0 Å². The van der Waals surface area contributed by atoms with E-state index in [9.17, 15) is 0 Å². The second-order valence-corrected chi connectivity index (χ2v) is 12.5. The molecule has 1 aliphatic carbocycles. The molecule has 212 valence electrons. The molecule has 10 rings (SSSR count). The minimum atomic E-state index is 1.23. The van der Waals surface area contributed by atoms with Crippen molar-refractivity contribution >= 4 is 43.1 Å². The molecular formula is C46H28. The van der Waals surface area contributed by atoms with E-state index >= 15 is 0 Å². The molecule has 0 fully saturated rings. The minimum Gasteiger partial charge on any atom is -0.0622 e. The summed E-state index contributed by atoms with van der Waals surface area (Å²) >= 11 is 0. The molecule has 0 radical (unpaired) electrons. The number of hydrogen-bond donors (Lipinski definition) is 0. The van der Waals surface area contributed by atoms with Gasteiger partial charge in [0.25, 0.3) is 0 Å². The lowest BCUT2D eigenvalue weighted by Gasteiger charge is -2.22. The van der Waals surface area contributed by atoms with Crippen LogP contribution in [0.4, 0.5) is 0 Å². The lowest BCUT2D eigenvalue weighted by atomic mass is 9.81. The Morgan fingerprint density at radius 3 is 1.35 bits per heavy atom. The maximum atomic E-state index is 2.43. The van der Waals surface area contributed by atoms with Crippen LogP contribution in [0.25, 0.3) is 98.7 Å². The summed E-state index contributed by atoms with van der Waals surface area (Å²) < 4.78 is 0. The molecule has 0 heterocycles. The molecule has 0 N–H and O–H groups in total. The highest BCUT2D eigenvalue weighted by Gasteiger charge is 2.30. The average Bonchev–Trinajstić information content (AvgIpc) is 3.45. The van der Waals surface area contributed by atoms with E-state index in [-0.39, 0.29) is 0 Å². The number of fused-ring (bicyclic) bond motifs is 6. The Morgan fingerprint density at radius 1 is 0.239 bits per heavy atom. The molecule has 46 heavy (non-hydrogen) atoms. The molecule has 0 aromatic heterocycles. The molecule has 0 nitrogen and oxygen atoms in total. The van der Waals surface area contributed by atoms with E-state index in [0.717, 1.165) is 0 Å². The quantitative estimate of drug-likeness (QED) is 0.195. The molecule has 1 aliphatic rings. The largest absolute Gasteiger partial charge is 0.0622 e. The molecule has 0 heteroatoms. The second kappa shape index (κ2) is 9.76. The fourth-order valence-corrected chi connectivity index (χ4v) is 7.88. The van der Waals surface area contributed by atoms with Gasteiger partial charge in [-0.25, -0.2) is 0 Å². The van der Waals surface area contributed by atoms with Gasteiger partial charge in [0.1, 0.15) is 0 Å². The zero-order valence-corrected chi connectivity index (χ0v) is 25.2. The van der Waals surface area contributed by atoms with E-state index in [0.29, 0.717) is 0 Å². The van der Waals surface area contributed by atoms with Gasteiger partial charge < -0.3 is 0 Å². The molecule has 0 unspecified atom stereocenters. The van der Waals surface area contributed by atoms with Crippen molar-refractivity contribution in [3.05, 3.63) is 170 Å². The highest BCUT2D eigenvalue weighted by Crippen LogP contribution is 2.58. The Bertz CT molecular complexity index is 2670. The molecule has 0 amide bonds. The summed E-state index contributed by atoms with van der Waals surface area (Å²) in [6.45, 7) is 0. The minimum absolute atomic E-state index is 1.23. The smallest absolute Gasteiger partial charge is 0.000741 e. The third-order valence-electron chi connectivity index (χ3n) is 9.94. The van der Waals surface area contributed by atoms with Crippen molar-refractivity contribution in [2.75, 3.05) is 0 Å². The summed E-state index contributed by atoms with van der Waals surface area (Å²) in [6, 6.07) is 62.9. The van der Waals surface area contributed by atoms with Crippen molar-refractivity contribution < 1.29 is 0 Å². The highest BCUT2D eigenvalue weighted by atomic mass is 14.3. The first-order chi connectivity index (χ1) is 22.8. The average molecular weight is 581 g/mol. The fourth-order valence-electron chi connectivity index (χ4n) is 7.88. The van der Waals surface area contributed by atoms with Crippen LogP contribution in [0.5, 0.6) is 0 Å². The maximum absolute atomic E-state index is 2.43. The SMILES string of the molecule is c1ccc(-c2ccc3c(-c4ccc5ccccc5c4)c4c(c(-c5ccc6ccccc6c5)c3c2)-c2cccc3cccc-4c23)cc1. The van der Waals surface area contributed by atoms with Gasteiger partial charge in [-0.15, -0.1) is 0 Å². The lowest BCUT2D eigenvalue weighted by molar-refractivity contribution is 1.62. The molecule has 0 saturated heterocycles. The summed E-state index contributed by atoms with van der Waals surface area (Å²) in [5, 5.41) is 10.2. The third-order valence-corrected chi connectivity index (χ3v) is 9.94. The van der Waals surface area contributed by atoms with Gasteiger partial charge in [-0.05, 0) is 117 Å². The van der Waals surface area contributed by atoms with Crippen molar-refractivity contribution in [1.82, 2.24) is 0 Å². The third kappa shape index (κ3) is 3.68.